The van der Waals surface area contributed by atoms with E-state index in [1.54, 1.807) is 0 Å². The van der Waals surface area contributed by atoms with E-state index in [0.29, 0.717) is 5.92 Å². The summed E-state index contributed by atoms with van der Waals surface area (Å²) < 4.78 is 12.0. The van der Waals surface area contributed by atoms with Crippen LogP contribution in [0, 0.1) is 0 Å². The Bertz CT molecular complexity index is 403. The summed E-state index contributed by atoms with van der Waals surface area (Å²) in [5.41, 5.74) is 1.29. The Morgan fingerprint density at radius 1 is 1.15 bits per heavy atom. The molecule has 20 heavy (non-hydrogen) atoms. The molecule has 3 atom stereocenters. The summed E-state index contributed by atoms with van der Waals surface area (Å²) in [6.07, 6.45) is 4.19. The minimum absolute atomic E-state index is 0.0906. The van der Waals surface area contributed by atoms with Gasteiger partial charge in [0.2, 0.25) is 0 Å². The predicted octanol–water partition coefficient (Wildman–Crippen LogP) is 3.02. The fourth-order valence-corrected chi connectivity index (χ4v) is 3.17. The largest absolute Gasteiger partial charge is 0.349 e. The molecule has 0 aliphatic carbocycles. The van der Waals surface area contributed by atoms with Gasteiger partial charge < -0.3 is 14.4 Å². The van der Waals surface area contributed by atoms with E-state index >= 15 is 0 Å². The van der Waals surface area contributed by atoms with Crippen LogP contribution in [0.5, 0.6) is 0 Å². The van der Waals surface area contributed by atoms with Gasteiger partial charge in [0.25, 0.3) is 0 Å². The Hall–Kier alpha value is -0.900. The molecule has 0 radical (unpaired) electrons. The van der Waals surface area contributed by atoms with Crippen molar-refractivity contribution in [3.05, 3.63) is 35.9 Å². The lowest BCUT2D eigenvalue weighted by atomic mass is 10.0. The summed E-state index contributed by atoms with van der Waals surface area (Å²) in [5.74, 6) is 0.294. The maximum absolute atomic E-state index is 6.12. The molecule has 3 nitrogen and oxygen atoms in total. The zero-order chi connectivity index (χ0) is 13.8. The van der Waals surface area contributed by atoms with Crippen molar-refractivity contribution in [2.75, 3.05) is 26.2 Å². The van der Waals surface area contributed by atoms with Crippen LogP contribution in [0.4, 0.5) is 0 Å². The summed E-state index contributed by atoms with van der Waals surface area (Å²) in [6, 6.07) is 10.5. The van der Waals surface area contributed by atoms with E-state index in [1.165, 1.54) is 37.9 Å². The second kappa shape index (κ2) is 6.70. The SMILES string of the molecule is C[C@@H](c1ccccc1)[C@H]1OC[C@H](CN2CCCCC2)O1. The zero-order valence-corrected chi connectivity index (χ0v) is 12.3. The van der Waals surface area contributed by atoms with Crippen LogP contribution >= 0.6 is 0 Å². The molecule has 2 aliphatic rings. The lowest BCUT2D eigenvalue weighted by Gasteiger charge is -2.28. The Morgan fingerprint density at radius 2 is 1.90 bits per heavy atom. The van der Waals surface area contributed by atoms with Gasteiger partial charge >= 0.3 is 0 Å². The van der Waals surface area contributed by atoms with Gasteiger partial charge in [-0.25, -0.2) is 0 Å². The highest BCUT2D eigenvalue weighted by atomic mass is 16.7. The lowest BCUT2D eigenvalue weighted by Crippen LogP contribution is -2.37. The van der Waals surface area contributed by atoms with Crippen molar-refractivity contribution in [2.24, 2.45) is 0 Å². The number of hydrogen-bond donors (Lipinski definition) is 0. The van der Waals surface area contributed by atoms with E-state index in [4.69, 9.17) is 9.47 Å². The van der Waals surface area contributed by atoms with E-state index in [-0.39, 0.29) is 12.4 Å². The summed E-state index contributed by atoms with van der Waals surface area (Å²) >= 11 is 0. The van der Waals surface area contributed by atoms with Gasteiger partial charge in [-0.2, -0.15) is 0 Å². The molecule has 2 fully saturated rings. The molecule has 1 aromatic rings. The van der Waals surface area contributed by atoms with Gasteiger partial charge in [-0.1, -0.05) is 43.7 Å². The molecule has 2 heterocycles. The van der Waals surface area contributed by atoms with Gasteiger partial charge in [0.1, 0.15) is 0 Å². The molecule has 0 bridgehead atoms. The molecule has 1 aromatic carbocycles. The van der Waals surface area contributed by atoms with Crippen molar-refractivity contribution in [2.45, 2.75) is 44.5 Å². The first-order valence-corrected chi connectivity index (χ1v) is 7.87. The van der Waals surface area contributed by atoms with Gasteiger partial charge in [0.05, 0.1) is 12.7 Å². The molecule has 0 saturated carbocycles. The molecule has 2 aliphatic heterocycles. The average molecular weight is 275 g/mol. The number of hydrogen-bond acceptors (Lipinski definition) is 3. The highest BCUT2D eigenvalue weighted by Crippen LogP contribution is 2.27. The van der Waals surface area contributed by atoms with Gasteiger partial charge in [0.15, 0.2) is 6.29 Å². The number of ether oxygens (including phenoxy) is 2. The van der Waals surface area contributed by atoms with Gasteiger partial charge in [-0.15, -0.1) is 0 Å². The first-order chi connectivity index (χ1) is 9.83. The third-order valence-corrected chi connectivity index (χ3v) is 4.42. The maximum Gasteiger partial charge on any atom is 0.164 e. The summed E-state index contributed by atoms with van der Waals surface area (Å²) in [5, 5.41) is 0. The van der Waals surface area contributed by atoms with E-state index in [0.717, 1.165) is 13.2 Å². The number of benzene rings is 1. The Labute approximate surface area is 121 Å². The topological polar surface area (TPSA) is 21.7 Å². The summed E-state index contributed by atoms with van der Waals surface area (Å²) in [6.45, 7) is 6.39. The summed E-state index contributed by atoms with van der Waals surface area (Å²) in [4.78, 5) is 2.52. The van der Waals surface area contributed by atoms with Crippen LogP contribution in [-0.2, 0) is 9.47 Å². The van der Waals surface area contributed by atoms with Gasteiger partial charge in [-0.05, 0) is 31.5 Å². The van der Waals surface area contributed by atoms with Crippen LogP contribution < -0.4 is 0 Å². The molecule has 0 aromatic heterocycles. The normalized spacial score (nSPS) is 29.4. The first-order valence-electron chi connectivity index (χ1n) is 7.87. The number of rotatable bonds is 4. The van der Waals surface area contributed by atoms with Crippen molar-refractivity contribution in [3.8, 4) is 0 Å². The van der Waals surface area contributed by atoms with Crippen molar-refractivity contribution in [3.63, 3.8) is 0 Å². The third-order valence-electron chi connectivity index (χ3n) is 4.42. The maximum atomic E-state index is 6.12. The van der Waals surface area contributed by atoms with Crippen molar-refractivity contribution in [1.82, 2.24) is 4.90 Å². The Balaban J connectivity index is 1.51. The van der Waals surface area contributed by atoms with Crippen LogP contribution in [0.2, 0.25) is 0 Å². The van der Waals surface area contributed by atoms with Gasteiger partial charge in [-0.3, -0.25) is 0 Å². The highest BCUT2D eigenvalue weighted by Gasteiger charge is 2.32. The number of likely N-dealkylation sites (tertiary alicyclic amines) is 1. The zero-order valence-electron chi connectivity index (χ0n) is 12.3. The monoisotopic (exact) mass is 275 g/mol. The minimum atomic E-state index is -0.0906. The number of piperidine rings is 1. The molecule has 0 unspecified atom stereocenters. The van der Waals surface area contributed by atoms with Crippen LogP contribution in [0.15, 0.2) is 30.3 Å². The molecule has 3 heteroatoms. The molecule has 0 N–H and O–H groups in total. The van der Waals surface area contributed by atoms with Crippen LogP contribution in [-0.4, -0.2) is 43.5 Å². The highest BCUT2D eigenvalue weighted by molar-refractivity contribution is 5.19. The van der Waals surface area contributed by atoms with E-state index in [2.05, 4.69) is 36.1 Å². The molecular weight excluding hydrogens is 250 g/mol. The standard InChI is InChI=1S/C17H25NO2/c1-14(15-8-4-2-5-9-15)17-19-13-16(20-17)12-18-10-6-3-7-11-18/h2,4-5,8-9,14,16-17H,3,6-7,10-13H2,1H3/t14-,16-,17-/m0/s1. The van der Waals surface area contributed by atoms with E-state index in [9.17, 15) is 0 Å². The van der Waals surface area contributed by atoms with Gasteiger partial charge in [0, 0.05) is 12.5 Å². The van der Waals surface area contributed by atoms with Crippen molar-refractivity contribution in [1.29, 1.82) is 0 Å². The predicted molar refractivity (Wildman–Crippen MR) is 79.8 cm³/mol. The van der Waals surface area contributed by atoms with Crippen LogP contribution in [0.3, 0.4) is 0 Å². The summed E-state index contributed by atoms with van der Waals surface area (Å²) in [7, 11) is 0. The van der Waals surface area contributed by atoms with E-state index in [1.807, 2.05) is 6.07 Å². The number of nitrogens with zero attached hydrogens (tertiary/aromatic N) is 1. The average Bonchev–Trinajstić information content (AvgIpc) is 2.97. The van der Waals surface area contributed by atoms with Crippen LogP contribution in [0.25, 0.3) is 0 Å². The molecule has 2 saturated heterocycles. The minimum Gasteiger partial charge on any atom is -0.349 e. The fraction of sp³-hybridized carbons (Fsp3) is 0.647. The second-order valence-corrected chi connectivity index (χ2v) is 6.02. The Morgan fingerprint density at radius 3 is 2.65 bits per heavy atom. The smallest absolute Gasteiger partial charge is 0.164 e. The molecule has 0 amide bonds. The molecule has 110 valence electrons. The van der Waals surface area contributed by atoms with Crippen molar-refractivity contribution < 1.29 is 9.47 Å². The quantitative estimate of drug-likeness (QED) is 0.843. The third kappa shape index (κ3) is 3.40. The fourth-order valence-electron chi connectivity index (χ4n) is 3.17. The van der Waals surface area contributed by atoms with Crippen molar-refractivity contribution >= 4 is 0 Å². The van der Waals surface area contributed by atoms with Crippen LogP contribution in [0.1, 0.15) is 37.7 Å². The lowest BCUT2D eigenvalue weighted by molar-refractivity contribution is -0.0758. The second-order valence-electron chi connectivity index (χ2n) is 6.02. The Kier molecular flexibility index (Phi) is 4.71. The molecule has 3 rings (SSSR count). The molecular formula is C17H25NO2. The first kappa shape index (κ1) is 14.1. The van der Waals surface area contributed by atoms with E-state index < -0.39 is 0 Å². The molecule has 0 spiro atoms.